The molecule has 0 aromatic rings. The molecule has 0 unspecified atom stereocenters. The predicted octanol–water partition coefficient (Wildman–Crippen LogP) is -0.637. The normalized spacial score (nSPS) is 8.50. The Balaban J connectivity index is 3.13. The van der Waals surface area contributed by atoms with Crippen molar-refractivity contribution < 1.29 is 3.84 Å². The molecule has 0 amide bonds. The van der Waals surface area contributed by atoms with Gasteiger partial charge in [0.1, 0.15) is 0 Å². The van der Waals surface area contributed by atoms with Crippen molar-refractivity contribution >= 4 is 16.0 Å². The van der Waals surface area contributed by atoms with Crippen molar-refractivity contribution in [1.82, 2.24) is 0 Å². The first-order valence-corrected chi connectivity index (χ1v) is 2.79. The molecule has 1 radical (unpaired) electrons. The number of hydrogen-bond donors (Lipinski definition) is 0. The molecular weight excluding hydrogens is 147 g/mol. The quantitative estimate of drug-likeness (QED) is 0.281. The minimum absolute atomic E-state index is 0.587. The van der Waals surface area contributed by atoms with Gasteiger partial charge in [-0.1, -0.05) is 0 Å². The number of nitro groups is 1. The van der Waals surface area contributed by atoms with Crippen molar-refractivity contribution in [3.8, 4) is 4.86 Å². The molecule has 4 nitrogen and oxygen atoms in total. The van der Waals surface area contributed by atoms with Gasteiger partial charge < -0.3 is 0 Å². The molecule has 0 spiro atoms. The van der Waals surface area contributed by atoms with Gasteiger partial charge in [0, 0.05) is 0 Å². The van der Waals surface area contributed by atoms with Gasteiger partial charge in [-0.25, -0.2) is 0 Å². The van der Waals surface area contributed by atoms with Crippen LogP contribution in [0.4, 0.5) is 0 Å². The van der Waals surface area contributed by atoms with Gasteiger partial charge in [-0.2, -0.15) is 0 Å². The van der Waals surface area contributed by atoms with Gasteiger partial charge in [-0.15, -0.1) is 0 Å². The van der Waals surface area contributed by atoms with Crippen molar-refractivity contribution in [2.45, 2.75) is 0 Å². The molecule has 0 aromatic carbocycles. The zero-order valence-electron chi connectivity index (χ0n) is 2.66. The molecule has 0 aliphatic carbocycles. The van der Waals surface area contributed by atoms with E-state index in [1.54, 1.807) is 0 Å². The van der Waals surface area contributed by atoms with Crippen LogP contribution in [-0.4, -0.2) is 19.8 Å². The van der Waals surface area contributed by atoms with Gasteiger partial charge in [-0.3, -0.25) is 0 Å². The fourth-order valence-corrected chi connectivity index (χ4v) is 0.190. The molecule has 0 heterocycles. The summed E-state index contributed by atoms with van der Waals surface area (Å²) in [6.45, 7) is 0. The Labute approximate surface area is 40.8 Å². The third-order valence-corrected chi connectivity index (χ3v) is 0.657. The van der Waals surface area contributed by atoms with Crippen LogP contribution in [0.5, 0.6) is 0 Å². The fourth-order valence-electron chi connectivity index (χ4n) is 0.0365. The van der Waals surface area contributed by atoms with E-state index in [9.17, 15) is 10.1 Å². The molecule has 0 aliphatic rings. The first kappa shape index (κ1) is 5.45. The molecule has 6 heavy (non-hydrogen) atoms. The first-order chi connectivity index (χ1) is 2.77. The summed E-state index contributed by atoms with van der Waals surface area (Å²) in [6, 6.07) is 0. The van der Waals surface area contributed by atoms with E-state index in [1.807, 2.05) is 0 Å². The molecule has 0 N–H and O–H groups in total. The summed E-state index contributed by atoms with van der Waals surface area (Å²) >= 11 is -1.28. The maximum absolute atomic E-state index is 9.22. The molecule has 0 aromatic heterocycles. The van der Waals surface area contributed by atoms with E-state index in [-0.39, 0.29) is 0 Å². The van der Waals surface area contributed by atoms with Gasteiger partial charge in [0.15, 0.2) is 0 Å². The third-order valence-electron chi connectivity index (χ3n) is 0.126. The van der Waals surface area contributed by atoms with E-state index in [2.05, 4.69) is 0 Å². The van der Waals surface area contributed by atoms with Gasteiger partial charge in [0.2, 0.25) is 0 Å². The Hall–Kier alpha value is -0.552. The summed E-state index contributed by atoms with van der Waals surface area (Å²) in [4.78, 5) is 10.7. The van der Waals surface area contributed by atoms with Crippen molar-refractivity contribution in [2.75, 3.05) is 0 Å². The summed E-state index contributed by atoms with van der Waals surface area (Å²) < 4.78 is -0.587. The van der Waals surface area contributed by atoms with E-state index in [0.29, 0.717) is 0 Å². The van der Waals surface area contributed by atoms with Crippen LogP contribution in [0, 0.1) is 20.2 Å². The van der Waals surface area contributed by atoms with Crippen LogP contribution in [0.25, 0.3) is 0 Å². The molecule has 31 valence electrons. The van der Waals surface area contributed by atoms with Crippen LogP contribution in [-0.2, 0) is 0 Å². The monoisotopic (exact) mass is 147 g/mol. The van der Waals surface area contributed by atoms with Crippen LogP contribution in [0.15, 0.2) is 0 Å². The molecule has 0 fully saturated rings. The summed E-state index contributed by atoms with van der Waals surface area (Å²) in [6.07, 6.45) is 0. The first-order valence-electron chi connectivity index (χ1n) is 1.01. The molecule has 0 rings (SSSR count). The summed E-state index contributed by atoms with van der Waals surface area (Å²) in [5.41, 5.74) is 0. The molecule has 0 saturated heterocycles. The predicted molar refractivity (Wildman–Crippen MR) is 18.4 cm³/mol. The van der Waals surface area contributed by atoms with Crippen molar-refractivity contribution in [1.29, 1.82) is 5.26 Å². The van der Waals surface area contributed by atoms with E-state index in [0.717, 1.165) is 0 Å². The zero-order valence-corrected chi connectivity index (χ0v) is 4.53. The van der Waals surface area contributed by atoms with Gasteiger partial charge in [0.05, 0.1) is 0 Å². The van der Waals surface area contributed by atoms with Crippen LogP contribution >= 0.6 is 0 Å². The Morgan fingerprint density at radius 3 is 2.50 bits per heavy atom. The number of rotatable bonds is 1. The molecule has 5 heteroatoms. The van der Waals surface area contributed by atoms with E-state index in [4.69, 9.17) is 5.26 Å². The second-order valence-corrected chi connectivity index (χ2v) is 1.96. The molecule has 0 atom stereocenters. The van der Waals surface area contributed by atoms with E-state index >= 15 is 0 Å². The van der Waals surface area contributed by atoms with E-state index in [1.165, 1.54) is 4.86 Å². The van der Waals surface area contributed by atoms with Gasteiger partial charge in [0.25, 0.3) is 0 Å². The van der Waals surface area contributed by atoms with Crippen LogP contribution < -0.4 is 0 Å². The third kappa shape index (κ3) is 3.45. The average Bonchev–Trinajstić information content (AvgIpc) is 1.35. The van der Waals surface area contributed by atoms with Crippen molar-refractivity contribution in [2.24, 2.45) is 0 Å². The van der Waals surface area contributed by atoms with Crippen LogP contribution in [0.1, 0.15) is 0 Å². The Morgan fingerprint density at radius 2 is 2.50 bits per heavy atom. The average molecular weight is 147 g/mol. The maximum atomic E-state index is 9.22. The molecule has 0 bridgehead atoms. The van der Waals surface area contributed by atoms with Crippen molar-refractivity contribution in [3.63, 3.8) is 0 Å². The Morgan fingerprint density at radius 1 is 2.00 bits per heavy atom. The molecular formula is CAsN2O2. The standard InChI is InChI=1S/CAsN2O2/c3-1-2-4(5)6. The minimum atomic E-state index is -1.28. The second-order valence-electron chi connectivity index (χ2n) is 0.438. The van der Waals surface area contributed by atoms with Crippen molar-refractivity contribution in [3.05, 3.63) is 10.1 Å². The van der Waals surface area contributed by atoms with Gasteiger partial charge >= 0.3 is 40.1 Å². The Bertz CT molecular complexity index is 94.2. The SMILES string of the molecule is N#C[As][N+](=O)[O-]. The van der Waals surface area contributed by atoms with Crippen LogP contribution in [0.3, 0.4) is 0 Å². The summed E-state index contributed by atoms with van der Waals surface area (Å²) in [5, 5.41) is 16.8. The van der Waals surface area contributed by atoms with E-state index < -0.39 is 19.8 Å². The molecule has 0 saturated carbocycles. The Kier molecular flexibility index (Phi) is 2.43. The number of nitriles is 1. The molecule has 0 aliphatic heterocycles. The second kappa shape index (κ2) is 2.67. The van der Waals surface area contributed by atoms with Crippen LogP contribution in [0.2, 0.25) is 0 Å². The fraction of sp³-hybridized carbons (Fsp3) is 0. The number of nitrogens with zero attached hydrogens (tertiary/aromatic N) is 2. The summed E-state index contributed by atoms with van der Waals surface area (Å²) in [5.74, 6) is 0. The topological polar surface area (TPSA) is 66.9 Å². The van der Waals surface area contributed by atoms with Gasteiger partial charge in [-0.05, 0) is 0 Å². The zero-order chi connectivity index (χ0) is 4.99. The summed E-state index contributed by atoms with van der Waals surface area (Å²) in [7, 11) is 0. The number of hydrogen-bond acceptors (Lipinski definition) is 3.